The summed E-state index contributed by atoms with van der Waals surface area (Å²) in [5, 5.41) is 8.81. The molecular weight excluding hydrogens is 159 g/mol. The van der Waals surface area contributed by atoms with Gasteiger partial charge in [0, 0.05) is 6.42 Å². The van der Waals surface area contributed by atoms with Crippen LogP contribution < -0.4 is 0 Å². The van der Waals surface area contributed by atoms with Crippen molar-refractivity contribution in [1.82, 2.24) is 0 Å². The molecule has 63 valence electrons. The predicted molar refractivity (Wildman–Crippen MR) is 42.1 cm³/mol. The number of benzene rings is 1. The Morgan fingerprint density at radius 1 is 1.50 bits per heavy atom. The fourth-order valence-electron chi connectivity index (χ4n) is 0.862. The summed E-state index contributed by atoms with van der Waals surface area (Å²) in [6.45, 7) is 0. The number of phenols is 1. The fourth-order valence-corrected chi connectivity index (χ4v) is 0.862. The lowest BCUT2D eigenvalue weighted by atomic mass is 10.1. The predicted octanol–water partition coefficient (Wildman–Crippen LogP) is 1.48. The van der Waals surface area contributed by atoms with Crippen molar-refractivity contribution in [3.63, 3.8) is 0 Å². The molecule has 0 aliphatic rings. The van der Waals surface area contributed by atoms with E-state index in [-0.39, 0.29) is 5.75 Å². The second-order valence-corrected chi connectivity index (χ2v) is 2.36. The molecule has 0 saturated heterocycles. The highest BCUT2D eigenvalue weighted by atomic mass is 19.1. The van der Waals surface area contributed by atoms with Crippen LogP contribution in [0.5, 0.6) is 5.75 Å². The Balaban J connectivity index is 2.75. The van der Waals surface area contributed by atoms with E-state index in [1.807, 2.05) is 0 Å². The van der Waals surface area contributed by atoms with Crippen LogP contribution in [0.1, 0.15) is 5.56 Å². The molecular formula is C9H8FO2. The van der Waals surface area contributed by atoms with E-state index >= 15 is 0 Å². The Bertz CT molecular complexity index is 284. The van der Waals surface area contributed by atoms with Crippen LogP contribution in [0.25, 0.3) is 0 Å². The van der Waals surface area contributed by atoms with Gasteiger partial charge in [0.1, 0.15) is 6.29 Å². The zero-order chi connectivity index (χ0) is 8.97. The average Bonchev–Trinajstić information content (AvgIpc) is 2.07. The van der Waals surface area contributed by atoms with Gasteiger partial charge in [-0.1, -0.05) is 6.07 Å². The summed E-state index contributed by atoms with van der Waals surface area (Å²) < 4.78 is 12.7. The molecule has 0 amide bonds. The minimum absolute atomic E-state index is 0.371. The molecule has 0 heterocycles. The lowest BCUT2D eigenvalue weighted by Gasteiger charge is -1.98. The normalized spacial score (nSPS) is 9.75. The van der Waals surface area contributed by atoms with E-state index < -0.39 is 5.82 Å². The van der Waals surface area contributed by atoms with Crippen molar-refractivity contribution in [3.05, 3.63) is 36.0 Å². The van der Waals surface area contributed by atoms with Crippen LogP contribution >= 0.6 is 0 Å². The molecule has 1 rings (SSSR count). The summed E-state index contributed by atoms with van der Waals surface area (Å²) in [6, 6.07) is 4.04. The number of aromatic hydroxyl groups is 1. The third-order valence-corrected chi connectivity index (χ3v) is 1.46. The molecule has 0 aliphatic carbocycles. The van der Waals surface area contributed by atoms with E-state index in [0.29, 0.717) is 18.3 Å². The van der Waals surface area contributed by atoms with E-state index in [0.717, 1.165) is 0 Å². The van der Waals surface area contributed by atoms with Gasteiger partial charge < -0.3 is 9.90 Å². The maximum Gasteiger partial charge on any atom is 0.165 e. The van der Waals surface area contributed by atoms with Crippen LogP contribution in [0.2, 0.25) is 0 Å². The Kier molecular flexibility index (Phi) is 2.80. The number of rotatable bonds is 3. The lowest BCUT2D eigenvalue weighted by Crippen LogP contribution is -1.88. The summed E-state index contributed by atoms with van der Waals surface area (Å²) in [6.07, 6.45) is 2.43. The molecule has 1 radical (unpaired) electrons. The number of aldehydes is 1. The summed E-state index contributed by atoms with van der Waals surface area (Å²) in [5.41, 5.74) is 0.664. The minimum atomic E-state index is -0.660. The standard InChI is InChI=1S/C9H8FO2/c10-8-6-7(2-1-5-11)3-4-9(8)12/h1,3-6,12H,2H2. The Hall–Kier alpha value is -1.38. The summed E-state index contributed by atoms with van der Waals surface area (Å²) >= 11 is 0. The van der Waals surface area contributed by atoms with Gasteiger partial charge in [-0.25, -0.2) is 4.39 Å². The Labute approximate surface area is 69.6 Å². The maximum absolute atomic E-state index is 12.7. The third kappa shape index (κ3) is 2.05. The van der Waals surface area contributed by atoms with Gasteiger partial charge >= 0.3 is 0 Å². The maximum atomic E-state index is 12.7. The van der Waals surface area contributed by atoms with Crippen LogP contribution in [0.15, 0.2) is 18.2 Å². The number of phenolic OH excluding ortho intramolecular Hbond substituents is 1. The van der Waals surface area contributed by atoms with Crippen LogP contribution in [0, 0.1) is 12.2 Å². The van der Waals surface area contributed by atoms with Gasteiger partial charge in [-0.05, 0) is 24.1 Å². The van der Waals surface area contributed by atoms with Crippen LogP contribution in [-0.2, 0) is 11.2 Å². The van der Waals surface area contributed by atoms with Gasteiger partial charge in [0.15, 0.2) is 11.6 Å². The molecule has 0 fully saturated rings. The molecule has 1 N–H and O–H groups in total. The van der Waals surface area contributed by atoms with Gasteiger partial charge in [-0.2, -0.15) is 0 Å². The number of carbonyl (C=O) groups excluding carboxylic acids is 1. The number of hydrogen-bond acceptors (Lipinski definition) is 2. The molecule has 3 heteroatoms. The number of halogens is 1. The van der Waals surface area contributed by atoms with E-state index in [4.69, 9.17) is 5.11 Å². The molecule has 1 aromatic carbocycles. The van der Waals surface area contributed by atoms with E-state index in [1.54, 1.807) is 6.07 Å². The third-order valence-electron chi connectivity index (χ3n) is 1.46. The van der Waals surface area contributed by atoms with Crippen molar-refractivity contribution in [2.24, 2.45) is 0 Å². The molecule has 12 heavy (non-hydrogen) atoms. The molecule has 0 atom stereocenters. The van der Waals surface area contributed by atoms with E-state index in [9.17, 15) is 9.18 Å². The largest absolute Gasteiger partial charge is 0.505 e. The van der Waals surface area contributed by atoms with Crippen molar-refractivity contribution in [3.8, 4) is 5.75 Å². The average molecular weight is 167 g/mol. The summed E-state index contributed by atoms with van der Waals surface area (Å²) in [7, 11) is 0. The first-order chi connectivity index (χ1) is 5.74. The Morgan fingerprint density at radius 2 is 2.25 bits per heavy atom. The second-order valence-electron chi connectivity index (χ2n) is 2.36. The van der Waals surface area contributed by atoms with Crippen molar-refractivity contribution < 1.29 is 14.3 Å². The monoisotopic (exact) mass is 167 g/mol. The van der Waals surface area contributed by atoms with Crippen molar-refractivity contribution in [2.45, 2.75) is 6.42 Å². The Morgan fingerprint density at radius 3 is 2.83 bits per heavy atom. The van der Waals surface area contributed by atoms with Gasteiger partial charge in [-0.15, -0.1) is 0 Å². The topological polar surface area (TPSA) is 37.3 Å². The van der Waals surface area contributed by atoms with E-state index in [1.165, 1.54) is 18.6 Å². The lowest BCUT2D eigenvalue weighted by molar-refractivity contribution is -0.105. The first-order valence-electron chi connectivity index (χ1n) is 3.48. The highest BCUT2D eigenvalue weighted by Gasteiger charge is 2.00. The molecule has 0 spiro atoms. The van der Waals surface area contributed by atoms with Crippen molar-refractivity contribution in [1.29, 1.82) is 0 Å². The quantitative estimate of drug-likeness (QED) is 0.692. The fraction of sp³-hybridized carbons (Fsp3) is 0.111. The van der Waals surface area contributed by atoms with Gasteiger partial charge in [0.05, 0.1) is 0 Å². The van der Waals surface area contributed by atoms with Crippen molar-refractivity contribution >= 4 is 6.29 Å². The van der Waals surface area contributed by atoms with Crippen LogP contribution in [0.4, 0.5) is 4.39 Å². The van der Waals surface area contributed by atoms with Gasteiger partial charge in [-0.3, -0.25) is 0 Å². The minimum Gasteiger partial charge on any atom is -0.505 e. The SMILES string of the molecule is O=C[CH]Cc1ccc(O)c(F)c1. The first kappa shape index (κ1) is 8.71. The number of carbonyl (C=O) groups is 1. The highest BCUT2D eigenvalue weighted by molar-refractivity contribution is 5.61. The molecule has 0 aliphatic heterocycles. The highest BCUT2D eigenvalue weighted by Crippen LogP contribution is 2.16. The van der Waals surface area contributed by atoms with E-state index in [2.05, 4.69) is 0 Å². The first-order valence-corrected chi connectivity index (χ1v) is 3.48. The van der Waals surface area contributed by atoms with Crippen LogP contribution in [-0.4, -0.2) is 11.4 Å². The molecule has 2 nitrogen and oxygen atoms in total. The number of hydrogen-bond donors (Lipinski definition) is 1. The van der Waals surface area contributed by atoms with Crippen molar-refractivity contribution in [2.75, 3.05) is 0 Å². The summed E-state index contributed by atoms with van der Waals surface area (Å²) in [5.74, 6) is -1.03. The molecule has 0 saturated carbocycles. The molecule has 0 bridgehead atoms. The molecule has 1 aromatic rings. The zero-order valence-electron chi connectivity index (χ0n) is 6.33. The zero-order valence-corrected chi connectivity index (χ0v) is 6.33. The van der Waals surface area contributed by atoms with Gasteiger partial charge in [0.25, 0.3) is 0 Å². The van der Waals surface area contributed by atoms with Gasteiger partial charge in [0.2, 0.25) is 0 Å². The molecule has 0 unspecified atom stereocenters. The smallest absolute Gasteiger partial charge is 0.165 e. The summed E-state index contributed by atoms with van der Waals surface area (Å²) in [4.78, 5) is 9.93. The molecule has 0 aromatic heterocycles. The van der Waals surface area contributed by atoms with Crippen LogP contribution in [0.3, 0.4) is 0 Å². The second kappa shape index (κ2) is 3.85.